The summed E-state index contributed by atoms with van der Waals surface area (Å²) in [6, 6.07) is 9.01. The minimum atomic E-state index is -0.925. The molecular weight excluding hydrogens is 336 g/mol. The van der Waals surface area contributed by atoms with E-state index in [1.54, 1.807) is 18.5 Å². The Kier molecular flexibility index (Phi) is 4.79. The van der Waals surface area contributed by atoms with Crippen molar-refractivity contribution in [1.29, 1.82) is 0 Å². The van der Waals surface area contributed by atoms with Gasteiger partial charge in [0.25, 0.3) is 0 Å². The number of halogens is 2. The van der Waals surface area contributed by atoms with Crippen LogP contribution in [0.25, 0.3) is 11.3 Å². The molecule has 0 aliphatic carbocycles. The van der Waals surface area contributed by atoms with E-state index in [1.807, 2.05) is 32.9 Å². The van der Waals surface area contributed by atoms with E-state index in [9.17, 15) is 8.78 Å². The molecule has 0 atom stereocenters. The molecule has 0 amide bonds. The maximum absolute atomic E-state index is 13.5. The van der Waals surface area contributed by atoms with Gasteiger partial charge in [0.05, 0.1) is 5.69 Å². The highest BCUT2D eigenvalue weighted by atomic mass is 19.2. The molecule has 26 heavy (non-hydrogen) atoms. The zero-order chi connectivity index (χ0) is 18.7. The number of anilines is 3. The smallest absolute Gasteiger partial charge is 0.225 e. The van der Waals surface area contributed by atoms with Gasteiger partial charge >= 0.3 is 0 Å². The molecule has 5 nitrogen and oxygen atoms in total. The Balaban J connectivity index is 2.00. The Morgan fingerprint density at radius 1 is 0.885 bits per heavy atom. The van der Waals surface area contributed by atoms with E-state index in [4.69, 9.17) is 0 Å². The lowest BCUT2D eigenvalue weighted by Gasteiger charge is -2.21. The van der Waals surface area contributed by atoms with Crippen molar-refractivity contribution >= 4 is 17.5 Å². The fourth-order valence-corrected chi connectivity index (χ4v) is 2.29. The molecule has 1 aromatic carbocycles. The average molecular weight is 355 g/mol. The number of aromatic nitrogens is 3. The third-order valence-corrected chi connectivity index (χ3v) is 3.38. The molecule has 7 heteroatoms. The lowest BCUT2D eigenvalue weighted by atomic mass is 10.1. The van der Waals surface area contributed by atoms with Crippen molar-refractivity contribution in [1.82, 2.24) is 15.0 Å². The molecule has 0 saturated carbocycles. The molecular formula is C19H19F2N5. The Hall–Kier alpha value is -3.09. The van der Waals surface area contributed by atoms with Gasteiger partial charge in [-0.25, -0.2) is 13.8 Å². The summed E-state index contributed by atoms with van der Waals surface area (Å²) in [7, 11) is 0. The van der Waals surface area contributed by atoms with Crippen LogP contribution in [0.1, 0.15) is 20.8 Å². The van der Waals surface area contributed by atoms with Gasteiger partial charge in [-0.15, -0.1) is 0 Å². The van der Waals surface area contributed by atoms with Gasteiger partial charge < -0.3 is 10.6 Å². The van der Waals surface area contributed by atoms with E-state index in [2.05, 4.69) is 25.6 Å². The zero-order valence-electron chi connectivity index (χ0n) is 14.7. The van der Waals surface area contributed by atoms with Crippen LogP contribution in [0.5, 0.6) is 0 Å². The molecule has 0 aliphatic heterocycles. The van der Waals surface area contributed by atoms with E-state index >= 15 is 0 Å². The second-order valence-corrected chi connectivity index (χ2v) is 6.83. The van der Waals surface area contributed by atoms with Gasteiger partial charge in [0, 0.05) is 41.3 Å². The van der Waals surface area contributed by atoms with Gasteiger partial charge in [-0.3, -0.25) is 4.98 Å². The maximum atomic E-state index is 13.5. The van der Waals surface area contributed by atoms with E-state index in [1.165, 1.54) is 6.07 Å². The van der Waals surface area contributed by atoms with Crippen LogP contribution in [0.4, 0.5) is 26.2 Å². The first-order valence-corrected chi connectivity index (χ1v) is 8.10. The van der Waals surface area contributed by atoms with Crippen LogP contribution in [-0.2, 0) is 0 Å². The lowest BCUT2D eigenvalue weighted by Crippen LogP contribution is -2.27. The van der Waals surface area contributed by atoms with Crippen molar-refractivity contribution in [2.45, 2.75) is 26.3 Å². The molecule has 0 spiro atoms. The van der Waals surface area contributed by atoms with E-state index in [0.717, 1.165) is 17.7 Å². The average Bonchev–Trinajstić information content (AvgIpc) is 2.57. The van der Waals surface area contributed by atoms with Gasteiger partial charge in [0.2, 0.25) is 5.95 Å². The zero-order valence-corrected chi connectivity index (χ0v) is 14.7. The topological polar surface area (TPSA) is 62.7 Å². The fourth-order valence-electron chi connectivity index (χ4n) is 2.29. The molecule has 2 aromatic heterocycles. The lowest BCUT2D eigenvalue weighted by molar-refractivity contribution is 0.509. The first-order valence-electron chi connectivity index (χ1n) is 8.10. The Morgan fingerprint density at radius 3 is 2.27 bits per heavy atom. The fraction of sp³-hybridized carbons (Fsp3) is 0.211. The van der Waals surface area contributed by atoms with Crippen LogP contribution in [-0.4, -0.2) is 20.5 Å². The largest absolute Gasteiger partial charge is 0.350 e. The first kappa shape index (κ1) is 17.7. The molecule has 0 bridgehead atoms. The highest BCUT2D eigenvalue weighted by Crippen LogP contribution is 2.25. The molecule has 0 unspecified atom stereocenters. The number of nitrogens with zero attached hydrogens (tertiary/aromatic N) is 3. The SMILES string of the molecule is CC(C)(C)Nc1nc(Nc2ccc(F)c(F)c2)cc(-c2ccncc2)n1. The third-order valence-electron chi connectivity index (χ3n) is 3.38. The van der Waals surface area contributed by atoms with Crippen molar-refractivity contribution in [3.8, 4) is 11.3 Å². The Labute approximate surface area is 150 Å². The maximum Gasteiger partial charge on any atom is 0.225 e. The van der Waals surface area contributed by atoms with Crippen molar-refractivity contribution in [2.24, 2.45) is 0 Å². The highest BCUT2D eigenvalue weighted by Gasteiger charge is 2.14. The van der Waals surface area contributed by atoms with E-state index in [0.29, 0.717) is 23.1 Å². The molecule has 0 radical (unpaired) electrons. The number of benzene rings is 1. The van der Waals surface area contributed by atoms with Gasteiger partial charge in [-0.05, 0) is 45.0 Å². The third kappa shape index (κ3) is 4.50. The van der Waals surface area contributed by atoms with Gasteiger partial charge in [0.1, 0.15) is 5.82 Å². The minimum Gasteiger partial charge on any atom is -0.350 e. The van der Waals surface area contributed by atoms with Gasteiger partial charge in [-0.1, -0.05) is 0 Å². The van der Waals surface area contributed by atoms with Gasteiger partial charge in [-0.2, -0.15) is 4.98 Å². The summed E-state index contributed by atoms with van der Waals surface area (Å²) in [4.78, 5) is 13.0. The first-order chi connectivity index (χ1) is 12.3. The summed E-state index contributed by atoms with van der Waals surface area (Å²) in [5, 5.41) is 6.22. The van der Waals surface area contributed by atoms with Crippen molar-refractivity contribution in [3.63, 3.8) is 0 Å². The molecule has 0 aliphatic rings. The van der Waals surface area contributed by atoms with Crippen molar-refractivity contribution < 1.29 is 8.78 Å². The highest BCUT2D eigenvalue weighted by molar-refractivity contribution is 5.67. The summed E-state index contributed by atoms with van der Waals surface area (Å²) in [6.07, 6.45) is 3.35. The molecule has 3 rings (SSSR count). The van der Waals surface area contributed by atoms with Gasteiger partial charge in [0.15, 0.2) is 11.6 Å². The molecule has 0 saturated heterocycles. The van der Waals surface area contributed by atoms with Crippen LogP contribution >= 0.6 is 0 Å². The summed E-state index contributed by atoms with van der Waals surface area (Å²) >= 11 is 0. The molecule has 2 N–H and O–H groups in total. The predicted octanol–water partition coefficient (Wildman–Crippen LogP) is 4.77. The number of hydrogen-bond acceptors (Lipinski definition) is 5. The van der Waals surface area contributed by atoms with Crippen molar-refractivity contribution in [2.75, 3.05) is 10.6 Å². The summed E-state index contributed by atoms with van der Waals surface area (Å²) < 4.78 is 26.6. The van der Waals surface area contributed by atoms with Crippen LogP contribution in [0.2, 0.25) is 0 Å². The normalized spacial score (nSPS) is 11.3. The Morgan fingerprint density at radius 2 is 1.62 bits per heavy atom. The second-order valence-electron chi connectivity index (χ2n) is 6.83. The van der Waals surface area contributed by atoms with Crippen LogP contribution in [0.15, 0.2) is 48.8 Å². The predicted molar refractivity (Wildman–Crippen MR) is 98.3 cm³/mol. The van der Waals surface area contributed by atoms with Crippen molar-refractivity contribution in [3.05, 3.63) is 60.4 Å². The summed E-state index contributed by atoms with van der Waals surface area (Å²) in [5.41, 5.74) is 1.70. The monoisotopic (exact) mass is 355 g/mol. The molecule has 2 heterocycles. The standard InChI is InChI=1S/C19H19F2N5/c1-19(2,3)26-18-24-16(12-6-8-22-9-7-12)11-17(25-18)23-13-4-5-14(20)15(21)10-13/h4-11H,1-3H3,(H2,23,24,25,26). The van der Waals surface area contributed by atoms with Crippen LogP contribution < -0.4 is 10.6 Å². The number of nitrogens with one attached hydrogen (secondary N) is 2. The number of hydrogen-bond donors (Lipinski definition) is 2. The minimum absolute atomic E-state index is 0.240. The van der Waals surface area contributed by atoms with Crippen LogP contribution in [0.3, 0.4) is 0 Å². The second kappa shape index (κ2) is 7.03. The summed E-state index contributed by atoms with van der Waals surface area (Å²) in [5.74, 6) is -0.932. The molecule has 0 fully saturated rings. The number of pyridine rings is 1. The van der Waals surface area contributed by atoms with E-state index < -0.39 is 11.6 Å². The Bertz CT molecular complexity index is 908. The molecule has 3 aromatic rings. The number of rotatable bonds is 4. The van der Waals surface area contributed by atoms with E-state index in [-0.39, 0.29) is 5.54 Å². The quantitative estimate of drug-likeness (QED) is 0.706. The van der Waals surface area contributed by atoms with Crippen LogP contribution in [0, 0.1) is 11.6 Å². The molecule has 134 valence electrons. The summed E-state index contributed by atoms with van der Waals surface area (Å²) in [6.45, 7) is 5.99.